The van der Waals surface area contributed by atoms with Gasteiger partial charge in [-0.3, -0.25) is 15.0 Å². The van der Waals surface area contributed by atoms with Crippen molar-refractivity contribution in [3.63, 3.8) is 0 Å². The van der Waals surface area contributed by atoms with Crippen molar-refractivity contribution >= 4 is 22.0 Å². The number of rotatable bonds is 5. The molecule has 0 bridgehead atoms. The lowest BCUT2D eigenvalue weighted by atomic mass is 10.2. The lowest BCUT2D eigenvalue weighted by Crippen LogP contribution is -2.52. The van der Waals surface area contributed by atoms with Gasteiger partial charge in [-0.05, 0) is 25.0 Å². The number of nitrogens with zero attached hydrogens (tertiary/aromatic N) is 2. The van der Waals surface area contributed by atoms with Crippen molar-refractivity contribution in [2.24, 2.45) is 0 Å². The smallest absolute Gasteiger partial charge is 0.321 e. The van der Waals surface area contributed by atoms with Gasteiger partial charge in [0.05, 0.1) is 11.4 Å². The first-order valence-corrected chi connectivity index (χ1v) is 10.8. The van der Waals surface area contributed by atoms with E-state index in [0.29, 0.717) is 26.2 Å². The highest BCUT2D eigenvalue weighted by Crippen LogP contribution is 2.18. The molecule has 0 spiro atoms. The first-order valence-electron chi connectivity index (χ1n) is 9.33. The fraction of sp³-hybridized carbons (Fsp3) is 0.556. The fourth-order valence-corrected chi connectivity index (χ4v) is 4.97. The number of carbonyl (C=O) groups is 2. The second-order valence-electron chi connectivity index (χ2n) is 7.00. The predicted molar refractivity (Wildman–Crippen MR) is 101 cm³/mol. The third-order valence-corrected chi connectivity index (χ3v) is 6.94. The Morgan fingerprint density at radius 2 is 1.63 bits per heavy atom. The summed E-state index contributed by atoms with van der Waals surface area (Å²) in [7, 11) is -3.50. The summed E-state index contributed by atoms with van der Waals surface area (Å²) in [5.41, 5.74) is 0. The Morgan fingerprint density at radius 1 is 1.00 bits per heavy atom. The molecule has 0 unspecified atom stereocenters. The third-order valence-electron chi connectivity index (χ3n) is 5.02. The lowest BCUT2D eigenvalue weighted by molar-refractivity contribution is -0.121. The number of nitrogens with one attached hydrogen (secondary N) is 2. The van der Waals surface area contributed by atoms with Crippen LogP contribution in [0.1, 0.15) is 25.7 Å². The normalized spacial score (nSPS) is 19.7. The van der Waals surface area contributed by atoms with Gasteiger partial charge in [0.25, 0.3) is 0 Å². The SMILES string of the molecule is O=C(CN1CCN(S(=O)(=O)c2ccccc2)CC1)NC(=O)NC1CCCC1. The molecule has 1 aliphatic carbocycles. The lowest BCUT2D eigenvalue weighted by Gasteiger charge is -2.33. The van der Waals surface area contributed by atoms with E-state index in [-0.39, 0.29) is 23.4 Å². The summed E-state index contributed by atoms with van der Waals surface area (Å²) in [5, 5.41) is 5.17. The van der Waals surface area contributed by atoms with Crippen LogP contribution in [0.3, 0.4) is 0 Å². The molecule has 0 atom stereocenters. The number of urea groups is 1. The highest BCUT2D eigenvalue weighted by molar-refractivity contribution is 7.89. The van der Waals surface area contributed by atoms with E-state index in [1.807, 2.05) is 4.90 Å². The van der Waals surface area contributed by atoms with Gasteiger partial charge in [0.15, 0.2) is 0 Å². The van der Waals surface area contributed by atoms with Gasteiger partial charge in [-0.25, -0.2) is 13.2 Å². The molecule has 1 saturated carbocycles. The van der Waals surface area contributed by atoms with Gasteiger partial charge >= 0.3 is 6.03 Å². The van der Waals surface area contributed by atoms with Crippen LogP contribution in [0.25, 0.3) is 0 Å². The Hall–Kier alpha value is -1.97. The molecule has 2 aliphatic rings. The topological polar surface area (TPSA) is 98.8 Å². The van der Waals surface area contributed by atoms with E-state index in [4.69, 9.17) is 0 Å². The Morgan fingerprint density at radius 3 is 2.26 bits per heavy atom. The van der Waals surface area contributed by atoms with E-state index < -0.39 is 16.1 Å². The summed E-state index contributed by atoms with van der Waals surface area (Å²) in [6.45, 7) is 1.61. The van der Waals surface area contributed by atoms with Crippen molar-refractivity contribution in [2.75, 3.05) is 32.7 Å². The van der Waals surface area contributed by atoms with Crippen LogP contribution in [-0.2, 0) is 14.8 Å². The maximum atomic E-state index is 12.6. The van der Waals surface area contributed by atoms with Crippen LogP contribution in [0.5, 0.6) is 0 Å². The summed E-state index contributed by atoms with van der Waals surface area (Å²) >= 11 is 0. The number of amides is 3. The van der Waals surface area contributed by atoms with Crippen LogP contribution in [-0.4, -0.2) is 68.3 Å². The molecule has 2 fully saturated rings. The summed E-state index contributed by atoms with van der Waals surface area (Å²) < 4.78 is 26.6. The predicted octanol–water partition coefficient (Wildman–Crippen LogP) is 0.761. The van der Waals surface area contributed by atoms with Crippen LogP contribution in [0.4, 0.5) is 4.79 Å². The summed E-state index contributed by atoms with van der Waals surface area (Å²) in [5.74, 6) is -0.370. The number of benzene rings is 1. The number of hydrogen-bond donors (Lipinski definition) is 2. The Balaban J connectivity index is 1.43. The van der Waals surface area contributed by atoms with E-state index >= 15 is 0 Å². The van der Waals surface area contributed by atoms with Gasteiger partial charge in [0.1, 0.15) is 0 Å². The number of sulfonamides is 1. The molecule has 0 radical (unpaired) electrons. The van der Waals surface area contributed by atoms with Crippen molar-refractivity contribution in [2.45, 2.75) is 36.6 Å². The quantitative estimate of drug-likeness (QED) is 0.768. The molecular weight excluding hydrogens is 368 g/mol. The molecule has 1 aliphatic heterocycles. The van der Waals surface area contributed by atoms with Crippen LogP contribution in [0, 0.1) is 0 Å². The van der Waals surface area contributed by atoms with Crippen LogP contribution >= 0.6 is 0 Å². The summed E-state index contributed by atoms with van der Waals surface area (Å²) in [6, 6.07) is 8.05. The second kappa shape index (κ2) is 8.81. The minimum Gasteiger partial charge on any atom is -0.335 e. The first-order chi connectivity index (χ1) is 12.9. The maximum absolute atomic E-state index is 12.6. The highest BCUT2D eigenvalue weighted by atomic mass is 32.2. The van der Waals surface area contributed by atoms with Gasteiger partial charge in [-0.15, -0.1) is 0 Å². The number of carbonyl (C=O) groups excluding carboxylic acids is 2. The van der Waals surface area contributed by atoms with E-state index in [0.717, 1.165) is 25.7 Å². The monoisotopic (exact) mass is 394 g/mol. The molecule has 2 N–H and O–H groups in total. The molecule has 3 rings (SSSR count). The molecule has 8 nitrogen and oxygen atoms in total. The first kappa shape index (κ1) is 19.8. The van der Waals surface area contributed by atoms with Gasteiger partial charge in [0.2, 0.25) is 15.9 Å². The van der Waals surface area contributed by atoms with Crippen molar-refractivity contribution < 1.29 is 18.0 Å². The Kier molecular flexibility index (Phi) is 6.46. The second-order valence-corrected chi connectivity index (χ2v) is 8.93. The van der Waals surface area contributed by atoms with E-state index in [9.17, 15) is 18.0 Å². The average Bonchev–Trinajstić information content (AvgIpc) is 3.15. The van der Waals surface area contributed by atoms with Gasteiger partial charge in [-0.2, -0.15) is 4.31 Å². The molecule has 1 aromatic carbocycles. The standard InChI is InChI=1S/C18H26N4O4S/c23-17(20-18(24)19-15-6-4-5-7-15)14-21-10-12-22(13-11-21)27(25,26)16-8-2-1-3-9-16/h1-3,8-9,15H,4-7,10-14H2,(H2,19,20,23,24). The number of piperazine rings is 1. The van der Waals surface area contributed by atoms with E-state index in [1.165, 1.54) is 4.31 Å². The molecule has 3 amide bonds. The number of hydrogen-bond acceptors (Lipinski definition) is 5. The molecule has 27 heavy (non-hydrogen) atoms. The van der Waals surface area contributed by atoms with Crippen molar-refractivity contribution in [1.82, 2.24) is 19.8 Å². The van der Waals surface area contributed by atoms with Crippen molar-refractivity contribution in [3.05, 3.63) is 30.3 Å². The fourth-order valence-electron chi connectivity index (χ4n) is 3.53. The van der Waals surface area contributed by atoms with Crippen molar-refractivity contribution in [3.8, 4) is 0 Å². The molecule has 0 aromatic heterocycles. The van der Waals surface area contributed by atoms with E-state index in [1.54, 1.807) is 30.3 Å². The van der Waals surface area contributed by atoms with E-state index in [2.05, 4.69) is 10.6 Å². The minimum atomic E-state index is -3.50. The van der Waals surface area contributed by atoms with Crippen molar-refractivity contribution in [1.29, 1.82) is 0 Å². The summed E-state index contributed by atoms with van der Waals surface area (Å²) in [6.07, 6.45) is 4.13. The van der Waals surface area contributed by atoms with Crippen LogP contribution in [0.2, 0.25) is 0 Å². The van der Waals surface area contributed by atoms with Gasteiger partial charge in [-0.1, -0.05) is 31.0 Å². The maximum Gasteiger partial charge on any atom is 0.321 e. The zero-order valence-electron chi connectivity index (χ0n) is 15.3. The number of imide groups is 1. The minimum absolute atomic E-state index is 0.0807. The zero-order chi connectivity index (χ0) is 19.3. The molecule has 9 heteroatoms. The van der Waals surface area contributed by atoms with Gasteiger partial charge < -0.3 is 5.32 Å². The van der Waals surface area contributed by atoms with Crippen LogP contribution < -0.4 is 10.6 Å². The van der Waals surface area contributed by atoms with Gasteiger partial charge in [0, 0.05) is 32.2 Å². The Labute approximate surface area is 160 Å². The Bertz CT molecular complexity index is 755. The molecule has 1 aromatic rings. The average molecular weight is 394 g/mol. The third kappa shape index (κ3) is 5.27. The van der Waals surface area contributed by atoms with Crippen LogP contribution in [0.15, 0.2) is 35.2 Å². The molecule has 1 heterocycles. The highest BCUT2D eigenvalue weighted by Gasteiger charge is 2.29. The molecular formula is C18H26N4O4S. The molecule has 148 valence electrons. The largest absolute Gasteiger partial charge is 0.335 e. The zero-order valence-corrected chi connectivity index (χ0v) is 16.1. The molecule has 1 saturated heterocycles. The summed E-state index contributed by atoms with van der Waals surface area (Å²) in [4.78, 5) is 26.0.